The highest BCUT2D eigenvalue weighted by Gasteiger charge is 2.35. The SMILES string of the molecule is O=C(CN1C(=O)N/C(=C/c2cccc(OCc3ccc(F)cc3)c2)C1=O)Nc1ccccc1F. The van der Waals surface area contributed by atoms with Crippen molar-refractivity contribution in [2.45, 2.75) is 6.61 Å². The zero-order valence-corrected chi connectivity index (χ0v) is 17.8. The van der Waals surface area contributed by atoms with E-state index >= 15 is 0 Å². The maximum absolute atomic E-state index is 13.7. The van der Waals surface area contributed by atoms with Crippen LogP contribution in [0.4, 0.5) is 19.3 Å². The van der Waals surface area contributed by atoms with Crippen molar-refractivity contribution < 1.29 is 27.9 Å². The first-order valence-corrected chi connectivity index (χ1v) is 10.3. The fourth-order valence-corrected chi connectivity index (χ4v) is 3.22. The molecule has 0 aliphatic carbocycles. The molecule has 1 saturated heterocycles. The quantitative estimate of drug-likeness (QED) is 0.408. The van der Waals surface area contributed by atoms with Gasteiger partial charge in [-0.15, -0.1) is 0 Å². The molecule has 3 aromatic rings. The molecule has 0 atom stereocenters. The predicted octanol–water partition coefficient (Wildman–Crippen LogP) is 4.08. The Labute approximate surface area is 193 Å². The van der Waals surface area contributed by atoms with Crippen LogP contribution in [0.15, 0.2) is 78.5 Å². The number of amides is 4. The highest BCUT2D eigenvalue weighted by molar-refractivity contribution is 6.15. The number of benzene rings is 3. The number of urea groups is 1. The topological polar surface area (TPSA) is 87.7 Å². The zero-order chi connectivity index (χ0) is 24.1. The van der Waals surface area contributed by atoms with Crippen LogP contribution in [-0.2, 0) is 16.2 Å². The molecule has 4 amide bonds. The van der Waals surface area contributed by atoms with Crippen LogP contribution in [0.3, 0.4) is 0 Å². The van der Waals surface area contributed by atoms with Crippen LogP contribution in [0.5, 0.6) is 5.75 Å². The van der Waals surface area contributed by atoms with Gasteiger partial charge in [-0.1, -0.05) is 36.4 Å². The lowest BCUT2D eigenvalue weighted by Crippen LogP contribution is -2.38. The van der Waals surface area contributed by atoms with Gasteiger partial charge < -0.3 is 15.4 Å². The number of hydrogen-bond donors (Lipinski definition) is 2. The van der Waals surface area contributed by atoms with E-state index in [0.717, 1.165) is 10.5 Å². The molecule has 0 unspecified atom stereocenters. The number of rotatable bonds is 7. The van der Waals surface area contributed by atoms with Crippen molar-refractivity contribution in [1.82, 2.24) is 10.2 Å². The smallest absolute Gasteiger partial charge is 0.329 e. The molecule has 1 aliphatic rings. The highest BCUT2D eigenvalue weighted by atomic mass is 19.1. The molecule has 7 nitrogen and oxygen atoms in total. The molecule has 1 heterocycles. The second kappa shape index (κ2) is 9.95. The fourth-order valence-electron chi connectivity index (χ4n) is 3.22. The average Bonchev–Trinajstić information content (AvgIpc) is 3.08. The highest BCUT2D eigenvalue weighted by Crippen LogP contribution is 2.20. The minimum atomic E-state index is -0.761. The summed E-state index contributed by atoms with van der Waals surface area (Å²) in [5.41, 5.74) is 1.30. The number of halogens is 2. The Kier molecular flexibility index (Phi) is 6.63. The Morgan fingerprint density at radius 2 is 1.76 bits per heavy atom. The summed E-state index contributed by atoms with van der Waals surface area (Å²) in [5.74, 6) is -1.86. The largest absolute Gasteiger partial charge is 0.489 e. The van der Waals surface area contributed by atoms with E-state index < -0.39 is 30.2 Å². The van der Waals surface area contributed by atoms with Crippen LogP contribution >= 0.6 is 0 Å². The minimum Gasteiger partial charge on any atom is -0.489 e. The molecule has 0 aromatic heterocycles. The molecular formula is C25H19F2N3O4. The van der Waals surface area contributed by atoms with E-state index in [4.69, 9.17) is 4.74 Å². The average molecular weight is 463 g/mol. The lowest BCUT2D eigenvalue weighted by molar-refractivity contribution is -0.127. The molecule has 3 aromatic carbocycles. The van der Waals surface area contributed by atoms with Crippen LogP contribution in [-0.4, -0.2) is 29.3 Å². The minimum absolute atomic E-state index is 0.0145. The molecule has 1 aliphatic heterocycles. The summed E-state index contributed by atoms with van der Waals surface area (Å²) in [7, 11) is 0. The van der Waals surface area contributed by atoms with Gasteiger partial charge in [0.2, 0.25) is 5.91 Å². The first-order chi connectivity index (χ1) is 16.4. The van der Waals surface area contributed by atoms with Crippen molar-refractivity contribution in [3.05, 3.63) is 101 Å². The molecule has 0 spiro atoms. The van der Waals surface area contributed by atoms with Gasteiger partial charge in [0.25, 0.3) is 5.91 Å². The number of nitrogens with one attached hydrogen (secondary N) is 2. The molecule has 4 rings (SSSR count). The van der Waals surface area contributed by atoms with Crippen LogP contribution in [0, 0.1) is 11.6 Å². The number of anilines is 1. The van der Waals surface area contributed by atoms with Crippen molar-refractivity contribution in [3.63, 3.8) is 0 Å². The summed E-state index contributed by atoms with van der Waals surface area (Å²) in [5, 5.41) is 4.77. The van der Waals surface area contributed by atoms with Crippen molar-refractivity contribution in [2.75, 3.05) is 11.9 Å². The third kappa shape index (κ3) is 5.44. The Morgan fingerprint density at radius 1 is 1.00 bits per heavy atom. The molecule has 1 fully saturated rings. The van der Waals surface area contributed by atoms with E-state index in [9.17, 15) is 23.2 Å². The van der Waals surface area contributed by atoms with Gasteiger partial charge in [-0.3, -0.25) is 9.59 Å². The lowest BCUT2D eigenvalue weighted by atomic mass is 10.1. The normalized spacial score (nSPS) is 14.3. The number of imide groups is 1. The number of carbonyl (C=O) groups is 3. The van der Waals surface area contributed by atoms with Crippen molar-refractivity contribution >= 4 is 29.6 Å². The maximum Gasteiger partial charge on any atom is 0.329 e. The molecule has 34 heavy (non-hydrogen) atoms. The second-order valence-electron chi connectivity index (χ2n) is 7.40. The number of ether oxygens (including phenoxy) is 1. The fraction of sp³-hybridized carbons (Fsp3) is 0.0800. The summed E-state index contributed by atoms with van der Waals surface area (Å²) in [6, 6.07) is 17.6. The Bertz CT molecular complexity index is 1280. The summed E-state index contributed by atoms with van der Waals surface area (Å²) < 4.78 is 32.4. The number of para-hydroxylation sites is 1. The molecular weight excluding hydrogens is 444 g/mol. The second-order valence-corrected chi connectivity index (χ2v) is 7.40. The standard InChI is InChI=1S/C25H19F2N3O4/c26-18-10-8-16(9-11-18)15-34-19-5-3-4-17(12-19)13-22-24(32)30(25(33)29-22)14-23(31)28-21-7-2-1-6-20(21)27/h1-13H,14-15H2,(H,28,31)(H,29,33)/b22-13+. The first kappa shape index (κ1) is 22.7. The third-order valence-electron chi connectivity index (χ3n) is 4.90. The predicted molar refractivity (Wildman–Crippen MR) is 120 cm³/mol. The summed E-state index contributed by atoms with van der Waals surface area (Å²) in [4.78, 5) is 37.8. The Morgan fingerprint density at radius 3 is 2.53 bits per heavy atom. The summed E-state index contributed by atoms with van der Waals surface area (Å²) in [6.07, 6.45) is 1.46. The monoisotopic (exact) mass is 463 g/mol. The summed E-state index contributed by atoms with van der Waals surface area (Å²) in [6.45, 7) is -0.349. The van der Waals surface area contributed by atoms with Crippen LogP contribution in [0.1, 0.15) is 11.1 Å². The number of hydrogen-bond acceptors (Lipinski definition) is 4. The van der Waals surface area contributed by atoms with Crippen molar-refractivity contribution in [1.29, 1.82) is 0 Å². The van der Waals surface area contributed by atoms with Crippen LogP contribution < -0.4 is 15.4 Å². The van der Waals surface area contributed by atoms with Crippen LogP contribution in [0.25, 0.3) is 6.08 Å². The third-order valence-corrected chi connectivity index (χ3v) is 4.90. The van der Waals surface area contributed by atoms with Gasteiger partial charge >= 0.3 is 6.03 Å². The number of carbonyl (C=O) groups excluding carboxylic acids is 3. The van der Waals surface area contributed by atoms with E-state index in [-0.39, 0.29) is 23.8 Å². The van der Waals surface area contributed by atoms with E-state index in [0.29, 0.717) is 11.3 Å². The number of nitrogens with zero attached hydrogens (tertiary/aromatic N) is 1. The van der Waals surface area contributed by atoms with Gasteiger partial charge in [-0.25, -0.2) is 18.5 Å². The zero-order valence-electron chi connectivity index (χ0n) is 17.8. The molecule has 0 bridgehead atoms. The summed E-state index contributed by atoms with van der Waals surface area (Å²) >= 11 is 0. The van der Waals surface area contributed by atoms with E-state index in [1.807, 2.05) is 0 Å². The maximum atomic E-state index is 13.7. The van der Waals surface area contributed by atoms with E-state index in [1.165, 1.54) is 36.4 Å². The molecule has 9 heteroatoms. The van der Waals surface area contributed by atoms with E-state index in [2.05, 4.69) is 10.6 Å². The Balaban J connectivity index is 1.40. The molecule has 0 radical (unpaired) electrons. The van der Waals surface area contributed by atoms with Gasteiger partial charge in [-0.2, -0.15) is 0 Å². The Hall–Kier alpha value is -4.53. The van der Waals surface area contributed by atoms with Gasteiger partial charge in [0.1, 0.15) is 36.2 Å². The van der Waals surface area contributed by atoms with Gasteiger partial charge in [0, 0.05) is 0 Å². The van der Waals surface area contributed by atoms with Crippen molar-refractivity contribution in [2.24, 2.45) is 0 Å². The van der Waals surface area contributed by atoms with E-state index in [1.54, 1.807) is 42.5 Å². The lowest BCUT2D eigenvalue weighted by Gasteiger charge is -2.12. The molecule has 0 saturated carbocycles. The molecule has 172 valence electrons. The van der Waals surface area contributed by atoms with Gasteiger partial charge in [0.15, 0.2) is 0 Å². The van der Waals surface area contributed by atoms with Gasteiger partial charge in [0.05, 0.1) is 5.69 Å². The molecule has 2 N–H and O–H groups in total. The van der Waals surface area contributed by atoms with Crippen LogP contribution in [0.2, 0.25) is 0 Å². The van der Waals surface area contributed by atoms with Crippen molar-refractivity contribution in [3.8, 4) is 5.75 Å². The van der Waals surface area contributed by atoms with Gasteiger partial charge in [-0.05, 0) is 53.6 Å². The first-order valence-electron chi connectivity index (χ1n) is 10.3.